The summed E-state index contributed by atoms with van der Waals surface area (Å²) in [7, 11) is -5.58. The normalized spacial score (nSPS) is 49.6. The van der Waals surface area contributed by atoms with Crippen molar-refractivity contribution >= 4 is 16.1 Å². The number of ether oxygens (including phenoxy) is 1. The fourth-order valence-corrected chi connectivity index (χ4v) is 7.91. The summed E-state index contributed by atoms with van der Waals surface area (Å²) in [5.74, 6) is 2.54. The third kappa shape index (κ3) is 1.95. The first-order chi connectivity index (χ1) is 11.6. The molecule has 8 heteroatoms. The van der Waals surface area contributed by atoms with Crippen molar-refractivity contribution in [2.45, 2.75) is 43.8 Å². The van der Waals surface area contributed by atoms with Crippen LogP contribution in [0, 0.1) is 46.8 Å². The Kier molecular flexibility index (Phi) is 3.11. The van der Waals surface area contributed by atoms with Gasteiger partial charge in [-0.3, -0.25) is 9.35 Å². The lowest BCUT2D eigenvalue weighted by molar-refractivity contribution is -0.260. The smallest absolute Gasteiger partial charge is 0.402 e. The molecule has 0 aliphatic heterocycles. The van der Waals surface area contributed by atoms with E-state index in [1.54, 1.807) is 0 Å². The molecule has 7 aliphatic rings. The summed E-state index contributed by atoms with van der Waals surface area (Å²) >= 11 is 0. The lowest BCUT2D eigenvalue weighted by Crippen LogP contribution is -2.70. The topological polar surface area (TPSA) is 80.7 Å². The number of carbonyl (C=O) groups excluding carboxylic acids is 1. The van der Waals surface area contributed by atoms with Gasteiger partial charge in [0.25, 0.3) is 0 Å². The van der Waals surface area contributed by atoms with E-state index in [1.165, 1.54) is 6.42 Å². The highest BCUT2D eigenvalue weighted by molar-refractivity contribution is 7.86. The minimum absolute atomic E-state index is 0.203. The molecule has 0 heterocycles. The maximum Gasteiger partial charge on any atom is 0.402 e. The van der Waals surface area contributed by atoms with Gasteiger partial charge in [0.15, 0.2) is 6.61 Å². The van der Waals surface area contributed by atoms with E-state index in [0.29, 0.717) is 36.0 Å². The van der Waals surface area contributed by atoms with Crippen molar-refractivity contribution in [2.24, 2.45) is 46.8 Å². The van der Waals surface area contributed by atoms with E-state index in [0.717, 1.165) is 25.7 Å². The van der Waals surface area contributed by atoms with Crippen LogP contribution in [-0.2, 0) is 19.6 Å². The van der Waals surface area contributed by atoms with E-state index >= 15 is 0 Å². The van der Waals surface area contributed by atoms with E-state index in [-0.39, 0.29) is 11.8 Å². The molecule has 0 spiro atoms. The molecular weight excluding hydrogens is 354 g/mol. The Morgan fingerprint density at radius 3 is 2.16 bits per heavy atom. The van der Waals surface area contributed by atoms with Gasteiger partial charge in [-0.25, -0.2) is 0 Å². The van der Waals surface area contributed by atoms with Crippen molar-refractivity contribution < 1.29 is 31.3 Å². The molecule has 0 aromatic heterocycles. The Balaban J connectivity index is 1.44. The number of hydrogen-bond acceptors (Lipinski definition) is 4. The van der Waals surface area contributed by atoms with Crippen molar-refractivity contribution in [1.29, 1.82) is 0 Å². The highest BCUT2D eigenvalue weighted by Crippen LogP contribution is 2.76. The Morgan fingerprint density at radius 2 is 1.60 bits per heavy atom. The Labute approximate surface area is 145 Å². The van der Waals surface area contributed by atoms with Gasteiger partial charge in [-0.05, 0) is 80.0 Å². The van der Waals surface area contributed by atoms with Gasteiger partial charge in [0.1, 0.15) is 0 Å². The average molecular weight is 376 g/mol. The summed E-state index contributed by atoms with van der Waals surface area (Å²) in [5, 5.41) is -4.46. The number of alkyl halides is 2. The summed E-state index contributed by atoms with van der Waals surface area (Å²) in [5.41, 5.74) is -0.695. The van der Waals surface area contributed by atoms with Gasteiger partial charge in [-0.2, -0.15) is 17.2 Å². The van der Waals surface area contributed by atoms with Gasteiger partial charge in [0, 0.05) is 0 Å². The van der Waals surface area contributed by atoms with Gasteiger partial charge in [0.05, 0.1) is 5.41 Å². The van der Waals surface area contributed by atoms with Gasteiger partial charge in [0.2, 0.25) is 0 Å². The van der Waals surface area contributed by atoms with Crippen LogP contribution in [0.4, 0.5) is 8.78 Å². The molecular formula is C17H22F2O5S. The summed E-state index contributed by atoms with van der Waals surface area (Å²) in [6.07, 6.45) is 6.18. The summed E-state index contributed by atoms with van der Waals surface area (Å²) in [6, 6.07) is 0. The van der Waals surface area contributed by atoms with Gasteiger partial charge in [-0.15, -0.1) is 0 Å². The standard InChI is InChI=1S/C17H22F2O5S/c18-17(19,25(21,22)23)7-24-15(20)16-6-9-2-11-10-1-8(4-13(11)16)5-14(16)12(10)3-9/h8-14H,1-7H2,(H,21,22,23). The zero-order chi connectivity index (χ0) is 17.8. The van der Waals surface area contributed by atoms with Crippen LogP contribution >= 0.6 is 0 Å². The highest BCUT2D eigenvalue weighted by Gasteiger charge is 2.73. The number of esters is 1. The second kappa shape index (κ2) is 4.74. The summed E-state index contributed by atoms with van der Waals surface area (Å²) < 4.78 is 62.1. The molecule has 4 unspecified atom stereocenters. The van der Waals surface area contributed by atoms with Crippen LogP contribution in [0.1, 0.15) is 38.5 Å². The van der Waals surface area contributed by atoms with Crippen LogP contribution in [0.25, 0.3) is 0 Å². The van der Waals surface area contributed by atoms with E-state index in [4.69, 9.17) is 9.29 Å². The predicted molar refractivity (Wildman–Crippen MR) is 82.0 cm³/mol. The zero-order valence-corrected chi connectivity index (χ0v) is 14.6. The molecule has 7 aliphatic carbocycles. The van der Waals surface area contributed by atoms with Gasteiger partial charge in [-0.1, -0.05) is 0 Å². The fraction of sp³-hybridized carbons (Fsp3) is 0.941. The number of hydrogen-bond donors (Lipinski definition) is 1. The Hall–Kier alpha value is -0.760. The minimum Gasteiger partial charge on any atom is -0.457 e. The molecule has 0 aromatic rings. The van der Waals surface area contributed by atoms with Crippen molar-refractivity contribution in [3.05, 3.63) is 0 Å². The lowest BCUT2D eigenvalue weighted by atomic mass is 9.31. The molecule has 7 fully saturated rings. The van der Waals surface area contributed by atoms with Crippen LogP contribution in [0.3, 0.4) is 0 Å². The summed E-state index contributed by atoms with van der Waals surface area (Å²) in [6.45, 7) is -1.60. The minimum atomic E-state index is -5.58. The molecule has 8 bridgehead atoms. The van der Waals surface area contributed by atoms with Crippen LogP contribution in [0.5, 0.6) is 0 Å². The number of carbonyl (C=O) groups is 1. The average Bonchev–Trinajstić information content (AvgIpc) is 2.55. The van der Waals surface area contributed by atoms with Crippen molar-refractivity contribution in [1.82, 2.24) is 0 Å². The van der Waals surface area contributed by atoms with Crippen molar-refractivity contribution in [3.8, 4) is 0 Å². The number of halogens is 2. The quantitative estimate of drug-likeness (QED) is 0.603. The van der Waals surface area contributed by atoms with E-state index in [1.807, 2.05) is 0 Å². The largest absolute Gasteiger partial charge is 0.457 e. The maximum atomic E-state index is 13.5. The third-order valence-corrected chi connectivity index (χ3v) is 9.08. The molecule has 4 atom stereocenters. The number of rotatable bonds is 4. The van der Waals surface area contributed by atoms with Crippen LogP contribution in [0.15, 0.2) is 0 Å². The first-order valence-corrected chi connectivity index (χ1v) is 10.6. The second-order valence-electron chi connectivity index (χ2n) is 9.05. The first-order valence-electron chi connectivity index (χ1n) is 9.15. The lowest BCUT2D eigenvalue weighted by Gasteiger charge is -2.73. The fourth-order valence-electron chi connectivity index (χ4n) is 7.70. The maximum absolute atomic E-state index is 13.5. The van der Waals surface area contributed by atoms with Crippen molar-refractivity contribution in [3.63, 3.8) is 0 Å². The molecule has 5 nitrogen and oxygen atoms in total. The van der Waals surface area contributed by atoms with E-state index < -0.39 is 33.4 Å². The van der Waals surface area contributed by atoms with E-state index in [2.05, 4.69) is 0 Å². The first kappa shape index (κ1) is 16.4. The molecule has 0 radical (unpaired) electrons. The molecule has 7 rings (SSSR count). The van der Waals surface area contributed by atoms with Crippen LogP contribution in [0.2, 0.25) is 0 Å². The SMILES string of the molecule is O=C(OCC(F)(F)S(=O)(=O)O)C12CC3CC4C5CC(CC41)CC2C5C3. The molecule has 1 N–H and O–H groups in total. The third-order valence-electron chi connectivity index (χ3n) is 8.20. The van der Waals surface area contributed by atoms with Gasteiger partial charge >= 0.3 is 21.3 Å². The van der Waals surface area contributed by atoms with Crippen molar-refractivity contribution in [2.75, 3.05) is 6.61 Å². The van der Waals surface area contributed by atoms with Crippen LogP contribution < -0.4 is 0 Å². The molecule has 7 saturated carbocycles. The van der Waals surface area contributed by atoms with Gasteiger partial charge < -0.3 is 4.74 Å². The second-order valence-corrected chi connectivity index (χ2v) is 10.6. The van der Waals surface area contributed by atoms with Crippen LogP contribution in [-0.4, -0.2) is 30.8 Å². The molecule has 0 saturated heterocycles. The predicted octanol–water partition coefficient (Wildman–Crippen LogP) is 2.72. The molecule has 140 valence electrons. The Morgan fingerprint density at radius 1 is 1.04 bits per heavy atom. The monoisotopic (exact) mass is 376 g/mol. The molecule has 25 heavy (non-hydrogen) atoms. The molecule has 0 aromatic carbocycles. The zero-order valence-electron chi connectivity index (χ0n) is 13.7. The molecule has 0 amide bonds. The Bertz CT molecular complexity index is 711. The van der Waals surface area contributed by atoms with E-state index in [9.17, 15) is 22.0 Å². The highest BCUT2D eigenvalue weighted by atomic mass is 32.2. The summed E-state index contributed by atoms with van der Waals surface area (Å²) in [4.78, 5) is 13.0.